The minimum atomic E-state index is -0.127. The lowest BCUT2D eigenvalue weighted by Crippen LogP contribution is -2.43. The van der Waals surface area contributed by atoms with Crippen LogP contribution < -0.4 is 10.6 Å². The quantitative estimate of drug-likeness (QED) is 0.751. The van der Waals surface area contributed by atoms with Crippen LogP contribution in [0.5, 0.6) is 0 Å². The van der Waals surface area contributed by atoms with Crippen molar-refractivity contribution in [3.8, 4) is 0 Å². The summed E-state index contributed by atoms with van der Waals surface area (Å²) in [5, 5.41) is 9.65. The number of nitrogens with zero attached hydrogens (tertiary/aromatic N) is 1. The Morgan fingerprint density at radius 2 is 2.47 bits per heavy atom. The molecule has 6 nitrogen and oxygen atoms in total. The molecule has 2 unspecified atom stereocenters. The van der Waals surface area contributed by atoms with Gasteiger partial charge in [0.05, 0.1) is 31.9 Å². The maximum absolute atomic E-state index is 11.9. The molecule has 0 aliphatic carbocycles. The second kappa shape index (κ2) is 5.79. The van der Waals surface area contributed by atoms with Crippen molar-refractivity contribution in [2.45, 2.75) is 19.5 Å². The first kappa shape index (κ1) is 12.1. The third-order valence-electron chi connectivity index (χ3n) is 2.81. The fraction of sp³-hybridized carbons (Fsp3) is 0.636. The van der Waals surface area contributed by atoms with Crippen molar-refractivity contribution < 1.29 is 14.1 Å². The van der Waals surface area contributed by atoms with E-state index in [0.717, 1.165) is 6.54 Å². The van der Waals surface area contributed by atoms with Crippen LogP contribution in [0.2, 0.25) is 0 Å². The molecule has 1 aliphatic rings. The molecule has 2 rings (SSSR count). The van der Waals surface area contributed by atoms with Crippen molar-refractivity contribution in [2.24, 2.45) is 5.92 Å². The molecule has 1 fully saturated rings. The fourth-order valence-electron chi connectivity index (χ4n) is 1.91. The number of amides is 1. The number of hydrogen-bond acceptors (Lipinski definition) is 5. The van der Waals surface area contributed by atoms with Gasteiger partial charge in [-0.05, 0) is 6.54 Å². The molecule has 94 valence electrons. The van der Waals surface area contributed by atoms with Gasteiger partial charge < -0.3 is 19.9 Å². The summed E-state index contributed by atoms with van der Waals surface area (Å²) in [6.07, 6.45) is 1.56. The van der Waals surface area contributed by atoms with Gasteiger partial charge in [0, 0.05) is 12.1 Å². The maximum atomic E-state index is 11.9. The predicted octanol–water partition coefficient (Wildman–Crippen LogP) is -0.0847. The molecule has 0 spiro atoms. The molecule has 2 N–H and O–H groups in total. The summed E-state index contributed by atoms with van der Waals surface area (Å²) in [5.41, 5.74) is 0. The average molecular weight is 239 g/mol. The van der Waals surface area contributed by atoms with Gasteiger partial charge in [-0.15, -0.1) is 0 Å². The largest absolute Gasteiger partial charge is 0.379 e. The first-order valence-corrected chi connectivity index (χ1v) is 5.79. The normalized spacial score (nSPS) is 23.8. The van der Waals surface area contributed by atoms with Crippen molar-refractivity contribution >= 4 is 5.91 Å². The van der Waals surface area contributed by atoms with Crippen molar-refractivity contribution in [2.75, 3.05) is 19.8 Å². The molecule has 0 radical (unpaired) electrons. The summed E-state index contributed by atoms with van der Waals surface area (Å²) in [6.45, 7) is 4.28. The summed E-state index contributed by atoms with van der Waals surface area (Å²) < 4.78 is 10.2. The Balaban J connectivity index is 1.82. The van der Waals surface area contributed by atoms with E-state index in [9.17, 15) is 4.79 Å². The minimum absolute atomic E-state index is 0.00940. The fourth-order valence-corrected chi connectivity index (χ4v) is 1.91. The number of aromatic nitrogens is 1. The van der Waals surface area contributed by atoms with Crippen LogP contribution in [0.25, 0.3) is 0 Å². The second-order valence-electron chi connectivity index (χ2n) is 4.00. The van der Waals surface area contributed by atoms with Gasteiger partial charge in [-0.1, -0.05) is 12.1 Å². The highest BCUT2D eigenvalue weighted by Gasteiger charge is 2.33. The van der Waals surface area contributed by atoms with E-state index in [2.05, 4.69) is 15.8 Å². The van der Waals surface area contributed by atoms with E-state index in [0.29, 0.717) is 25.5 Å². The maximum Gasteiger partial charge on any atom is 0.227 e. The molecule has 1 aromatic rings. The van der Waals surface area contributed by atoms with Crippen LogP contribution in [0.1, 0.15) is 12.7 Å². The van der Waals surface area contributed by atoms with E-state index in [1.54, 1.807) is 12.3 Å². The third kappa shape index (κ3) is 3.04. The molecular formula is C11H17N3O3. The lowest BCUT2D eigenvalue weighted by Gasteiger charge is -2.17. The monoisotopic (exact) mass is 239 g/mol. The number of nitrogens with one attached hydrogen (secondary N) is 2. The van der Waals surface area contributed by atoms with Crippen molar-refractivity contribution in [1.29, 1.82) is 0 Å². The van der Waals surface area contributed by atoms with E-state index >= 15 is 0 Å². The van der Waals surface area contributed by atoms with Crippen LogP contribution in [-0.4, -0.2) is 36.9 Å². The van der Waals surface area contributed by atoms with Gasteiger partial charge >= 0.3 is 0 Å². The average Bonchev–Trinajstić information content (AvgIpc) is 2.97. The van der Waals surface area contributed by atoms with Gasteiger partial charge in [0.1, 0.15) is 0 Å². The van der Waals surface area contributed by atoms with Gasteiger partial charge in [-0.3, -0.25) is 4.79 Å². The Morgan fingerprint density at radius 3 is 3.18 bits per heavy atom. The predicted molar refractivity (Wildman–Crippen MR) is 60.1 cm³/mol. The second-order valence-corrected chi connectivity index (χ2v) is 4.00. The van der Waals surface area contributed by atoms with Crippen LogP contribution >= 0.6 is 0 Å². The van der Waals surface area contributed by atoms with E-state index in [1.807, 2.05) is 6.92 Å². The minimum Gasteiger partial charge on any atom is -0.379 e. The molecule has 0 bridgehead atoms. The van der Waals surface area contributed by atoms with E-state index in [4.69, 9.17) is 9.26 Å². The highest BCUT2D eigenvalue weighted by atomic mass is 16.5. The third-order valence-corrected chi connectivity index (χ3v) is 2.81. The van der Waals surface area contributed by atoms with E-state index in [-0.39, 0.29) is 17.9 Å². The molecule has 1 amide bonds. The number of carbonyl (C=O) groups is 1. The summed E-state index contributed by atoms with van der Waals surface area (Å²) in [4.78, 5) is 11.9. The molecule has 1 aliphatic heterocycles. The molecule has 0 aromatic carbocycles. The molecule has 1 saturated heterocycles. The Morgan fingerprint density at radius 1 is 1.59 bits per heavy atom. The van der Waals surface area contributed by atoms with Gasteiger partial charge in [-0.2, -0.15) is 0 Å². The number of likely N-dealkylation sites (N-methyl/N-ethyl adjacent to an activating group) is 1. The Kier molecular flexibility index (Phi) is 4.11. The molecule has 17 heavy (non-hydrogen) atoms. The summed E-state index contributed by atoms with van der Waals surface area (Å²) in [6, 6.07) is 1.84. The zero-order chi connectivity index (χ0) is 12.1. The van der Waals surface area contributed by atoms with Gasteiger partial charge in [0.15, 0.2) is 5.76 Å². The van der Waals surface area contributed by atoms with Crippen molar-refractivity contribution in [1.82, 2.24) is 15.8 Å². The number of carbonyl (C=O) groups excluding carboxylic acids is 1. The molecular weight excluding hydrogens is 222 g/mol. The Labute approximate surface area is 99.7 Å². The first-order chi connectivity index (χ1) is 8.31. The van der Waals surface area contributed by atoms with Crippen molar-refractivity contribution in [3.05, 3.63) is 18.0 Å². The lowest BCUT2D eigenvalue weighted by molar-refractivity contribution is -0.125. The molecule has 1 aromatic heterocycles. The topological polar surface area (TPSA) is 76.4 Å². The van der Waals surface area contributed by atoms with Crippen LogP contribution in [-0.2, 0) is 16.1 Å². The summed E-state index contributed by atoms with van der Waals surface area (Å²) >= 11 is 0. The first-order valence-electron chi connectivity index (χ1n) is 5.79. The SMILES string of the molecule is CCNC1COCC1C(=O)NCc1ccno1. The Hall–Kier alpha value is -1.40. The zero-order valence-corrected chi connectivity index (χ0v) is 9.81. The highest BCUT2D eigenvalue weighted by molar-refractivity contribution is 5.79. The summed E-state index contributed by atoms with van der Waals surface area (Å²) in [7, 11) is 0. The number of ether oxygens (including phenoxy) is 1. The molecule has 2 atom stereocenters. The van der Waals surface area contributed by atoms with Gasteiger partial charge in [0.2, 0.25) is 5.91 Å². The Bertz CT molecular complexity index is 353. The molecule has 0 saturated carbocycles. The molecule has 2 heterocycles. The van der Waals surface area contributed by atoms with Crippen LogP contribution in [0.4, 0.5) is 0 Å². The van der Waals surface area contributed by atoms with Crippen molar-refractivity contribution in [3.63, 3.8) is 0 Å². The van der Waals surface area contributed by atoms with Crippen LogP contribution in [0.15, 0.2) is 16.8 Å². The van der Waals surface area contributed by atoms with Gasteiger partial charge in [0.25, 0.3) is 0 Å². The van der Waals surface area contributed by atoms with Crippen LogP contribution in [0, 0.1) is 5.92 Å². The summed E-state index contributed by atoms with van der Waals surface area (Å²) in [5.74, 6) is 0.514. The van der Waals surface area contributed by atoms with E-state index < -0.39 is 0 Å². The van der Waals surface area contributed by atoms with Crippen LogP contribution in [0.3, 0.4) is 0 Å². The molecule has 6 heteroatoms. The standard InChI is InChI=1S/C11H17N3O3/c1-2-12-10-7-16-6-9(10)11(15)13-5-8-3-4-14-17-8/h3-4,9-10,12H,2,5-7H2,1H3,(H,13,15). The lowest BCUT2D eigenvalue weighted by atomic mass is 10.0. The highest BCUT2D eigenvalue weighted by Crippen LogP contribution is 2.14. The smallest absolute Gasteiger partial charge is 0.227 e. The number of rotatable bonds is 5. The number of hydrogen-bond donors (Lipinski definition) is 2. The zero-order valence-electron chi connectivity index (χ0n) is 9.81. The van der Waals surface area contributed by atoms with E-state index in [1.165, 1.54) is 0 Å². The van der Waals surface area contributed by atoms with Gasteiger partial charge in [-0.25, -0.2) is 0 Å².